The Hall–Kier alpha value is -6.56. The van der Waals surface area contributed by atoms with Crippen molar-refractivity contribution in [2.24, 2.45) is 0 Å². The van der Waals surface area contributed by atoms with Crippen LogP contribution in [-0.2, 0) is 0 Å². The number of hydrogen-bond acceptors (Lipinski definition) is 2. The minimum atomic E-state index is -3.04. The van der Waals surface area contributed by atoms with E-state index in [0.717, 1.165) is 34.1 Å². The summed E-state index contributed by atoms with van der Waals surface area (Å²) in [5.41, 5.74) is 6.95. The first-order valence-corrected chi connectivity index (χ1v) is 20.2. The molecule has 8 aromatic carbocycles. The molecule has 0 N–H and O–H groups in total. The van der Waals surface area contributed by atoms with Gasteiger partial charge in [0.25, 0.3) is 6.71 Å². The largest absolute Gasteiger partial charge is 0.458 e. The van der Waals surface area contributed by atoms with Crippen molar-refractivity contribution in [2.45, 2.75) is 0 Å². The number of fused-ring (bicyclic) bond motifs is 7. The fraction of sp³-hybridized carbons (Fsp3) is 0. The van der Waals surface area contributed by atoms with Gasteiger partial charge in [-0.25, -0.2) is 0 Å². The minimum Gasteiger partial charge on any atom is -0.458 e. The van der Waals surface area contributed by atoms with Crippen LogP contribution in [0.15, 0.2) is 194 Å². The van der Waals surface area contributed by atoms with Crippen LogP contribution in [0.25, 0.3) is 27.5 Å². The number of para-hydroxylation sites is 4. The monoisotopic (exact) mass is 693 g/mol. The van der Waals surface area contributed by atoms with Crippen molar-refractivity contribution in [1.82, 2.24) is 4.57 Å². The Labute approximate surface area is 309 Å². The molecular formula is C48H32BNO2Si. The number of ether oxygens (including phenoxy) is 2. The van der Waals surface area contributed by atoms with E-state index < -0.39 is 8.07 Å². The van der Waals surface area contributed by atoms with E-state index in [9.17, 15) is 0 Å². The van der Waals surface area contributed by atoms with E-state index >= 15 is 0 Å². The van der Waals surface area contributed by atoms with Crippen LogP contribution in [0.3, 0.4) is 0 Å². The molecule has 1 aromatic heterocycles. The molecule has 0 atom stereocenters. The molecule has 0 spiro atoms. The van der Waals surface area contributed by atoms with Crippen LogP contribution in [0, 0.1) is 0 Å². The van der Waals surface area contributed by atoms with Crippen LogP contribution in [0.1, 0.15) is 0 Å². The molecule has 2 aliphatic heterocycles. The third-order valence-electron chi connectivity index (χ3n) is 11.3. The Balaban J connectivity index is 1.22. The van der Waals surface area contributed by atoms with E-state index in [2.05, 4.69) is 199 Å². The molecule has 0 amide bonds. The molecule has 0 bridgehead atoms. The second-order valence-corrected chi connectivity index (χ2v) is 17.8. The van der Waals surface area contributed by atoms with E-state index in [1.165, 1.54) is 53.5 Å². The van der Waals surface area contributed by atoms with Crippen molar-refractivity contribution < 1.29 is 9.47 Å². The molecule has 0 saturated heterocycles. The van der Waals surface area contributed by atoms with Crippen LogP contribution in [0.4, 0.5) is 0 Å². The number of benzene rings is 8. The number of aromatic nitrogens is 1. The third kappa shape index (κ3) is 4.41. The summed E-state index contributed by atoms with van der Waals surface area (Å²) in [6.07, 6.45) is 0. The predicted molar refractivity (Wildman–Crippen MR) is 222 cm³/mol. The molecule has 11 rings (SSSR count). The predicted octanol–water partition coefficient (Wildman–Crippen LogP) is 6.89. The first-order chi connectivity index (χ1) is 26.3. The van der Waals surface area contributed by atoms with Crippen LogP contribution in [0.5, 0.6) is 23.0 Å². The van der Waals surface area contributed by atoms with Crippen LogP contribution in [-0.4, -0.2) is 19.4 Å². The maximum atomic E-state index is 6.90. The summed E-state index contributed by atoms with van der Waals surface area (Å²) in [4.78, 5) is 0. The van der Waals surface area contributed by atoms with E-state index in [0.29, 0.717) is 0 Å². The van der Waals surface area contributed by atoms with E-state index in [1.54, 1.807) is 0 Å². The average Bonchev–Trinajstić information content (AvgIpc) is 3.56. The molecule has 0 radical (unpaired) electrons. The van der Waals surface area contributed by atoms with Gasteiger partial charge in [-0.1, -0.05) is 146 Å². The summed E-state index contributed by atoms with van der Waals surface area (Å²) in [7, 11) is -3.04. The Bertz CT molecular complexity index is 2700. The average molecular weight is 694 g/mol. The molecule has 3 heterocycles. The maximum absolute atomic E-state index is 6.90. The number of rotatable bonds is 5. The van der Waals surface area contributed by atoms with Crippen molar-refractivity contribution in [2.75, 3.05) is 0 Å². The Morgan fingerprint density at radius 2 is 0.849 bits per heavy atom. The standard InChI is InChI=1S/C48H32BNO2Si/c1-3-17-34(18-4-1)53(35-19-5-2-6-20-35,36-21-15-16-33(30-36)50-42-26-11-7-22-38(42)39-23-8-12-27-43(39)50)37-31-46-48-47(32-37)52-45-29-14-10-25-41(45)49(48)40-24-9-13-28-44(40)51-46/h1-32H. The third-order valence-corrected chi connectivity index (χ3v) is 16.0. The lowest BCUT2D eigenvalue weighted by Crippen LogP contribution is -2.75. The highest BCUT2D eigenvalue weighted by Gasteiger charge is 2.46. The Morgan fingerprint density at radius 3 is 1.42 bits per heavy atom. The first-order valence-electron chi connectivity index (χ1n) is 18.2. The highest BCUT2D eigenvalue weighted by molar-refractivity contribution is 7.20. The van der Waals surface area contributed by atoms with Crippen LogP contribution < -0.4 is 46.6 Å². The fourth-order valence-corrected chi connectivity index (χ4v) is 13.9. The lowest BCUT2D eigenvalue weighted by atomic mass is 9.35. The van der Waals surface area contributed by atoms with Gasteiger partial charge in [-0.2, -0.15) is 0 Å². The minimum absolute atomic E-state index is 0.0205. The summed E-state index contributed by atoms with van der Waals surface area (Å²) < 4.78 is 16.2. The van der Waals surface area contributed by atoms with Gasteiger partial charge >= 0.3 is 0 Å². The maximum Gasteiger partial charge on any atom is 0.260 e. The Kier molecular flexibility index (Phi) is 6.67. The van der Waals surface area contributed by atoms with Gasteiger partial charge in [0.05, 0.1) is 11.0 Å². The molecule has 0 fully saturated rings. The number of hydrogen-bond donors (Lipinski definition) is 0. The van der Waals surface area contributed by atoms with Gasteiger partial charge in [-0.3, -0.25) is 0 Å². The highest BCUT2D eigenvalue weighted by atomic mass is 28.3. The summed E-state index contributed by atoms with van der Waals surface area (Å²) >= 11 is 0. The van der Waals surface area contributed by atoms with E-state index in [1.807, 2.05) is 0 Å². The summed E-state index contributed by atoms with van der Waals surface area (Å²) in [6.45, 7) is 0.0205. The lowest BCUT2D eigenvalue weighted by Gasteiger charge is -2.38. The molecule has 248 valence electrons. The van der Waals surface area contributed by atoms with Gasteiger partial charge in [-0.15, -0.1) is 0 Å². The zero-order valence-corrected chi connectivity index (χ0v) is 29.8. The van der Waals surface area contributed by atoms with Crippen LogP contribution >= 0.6 is 0 Å². The molecule has 9 aromatic rings. The summed E-state index contributed by atoms with van der Waals surface area (Å²) in [6, 6.07) is 70.5. The van der Waals surface area contributed by atoms with Gasteiger partial charge in [-0.05, 0) is 80.2 Å². The van der Waals surface area contributed by atoms with Gasteiger partial charge < -0.3 is 14.0 Å². The normalized spacial score (nSPS) is 12.8. The molecule has 0 unspecified atom stereocenters. The lowest BCUT2D eigenvalue weighted by molar-refractivity contribution is 0.465. The van der Waals surface area contributed by atoms with Crippen LogP contribution in [0.2, 0.25) is 0 Å². The van der Waals surface area contributed by atoms with Crippen molar-refractivity contribution >= 4 is 73.7 Å². The van der Waals surface area contributed by atoms with Gasteiger partial charge in [0, 0.05) is 21.9 Å². The quantitative estimate of drug-likeness (QED) is 0.145. The molecule has 0 aliphatic carbocycles. The molecule has 3 nitrogen and oxygen atoms in total. The summed E-state index contributed by atoms with van der Waals surface area (Å²) in [5.74, 6) is 3.51. The Morgan fingerprint density at radius 1 is 0.377 bits per heavy atom. The van der Waals surface area contributed by atoms with Crippen molar-refractivity contribution in [1.29, 1.82) is 0 Å². The fourth-order valence-electron chi connectivity index (χ4n) is 9.07. The van der Waals surface area contributed by atoms with Crippen molar-refractivity contribution in [3.05, 3.63) is 194 Å². The first kappa shape index (κ1) is 30.1. The van der Waals surface area contributed by atoms with Crippen molar-refractivity contribution in [3.8, 4) is 28.7 Å². The second-order valence-electron chi connectivity index (χ2n) is 14.0. The zero-order chi connectivity index (χ0) is 34.9. The van der Waals surface area contributed by atoms with Gasteiger partial charge in [0.15, 0.2) is 8.07 Å². The highest BCUT2D eigenvalue weighted by Crippen LogP contribution is 2.35. The molecule has 5 heteroatoms. The topological polar surface area (TPSA) is 23.4 Å². The molecule has 53 heavy (non-hydrogen) atoms. The van der Waals surface area contributed by atoms with E-state index in [4.69, 9.17) is 9.47 Å². The second kappa shape index (κ2) is 11.7. The van der Waals surface area contributed by atoms with Crippen molar-refractivity contribution in [3.63, 3.8) is 0 Å². The SMILES string of the molecule is c1ccc([Si](c2ccccc2)(c2cccc(-n3c4ccccc4c4ccccc43)c2)c2cc3c4c(c2)Oc2ccccc2B4c2ccccc2O3)cc1. The zero-order valence-electron chi connectivity index (χ0n) is 28.8. The van der Waals surface area contributed by atoms with Gasteiger partial charge in [0.2, 0.25) is 0 Å². The van der Waals surface area contributed by atoms with Gasteiger partial charge in [0.1, 0.15) is 23.0 Å². The van der Waals surface area contributed by atoms with E-state index in [-0.39, 0.29) is 6.71 Å². The summed E-state index contributed by atoms with van der Waals surface area (Å²) in [5, 5.41) is 7.58. The molecule has 2 aliphatic rings. The number of nitrogens with zero attached hydrogens (tertiary/aromatic N) is 1. The molecular weight excluding hydrogens is 661 g/mol. The molecule has 0 saturated carbocycles. The smallest absolute Gasteiger partial charge is 0.260 e.